The summed E-state index contributed by atoms with van der Waals surface area (Å²) < 4.78 is 0. The summed E-state index contributed by atoms with van der Waals surface area (Å²) in [6, 6.07) is 9.00. The van der Waals surface area contributed by atoms with Crippen LogP contribution in [0, 0.1) is 0 Å². The number of fused-ring (bicyclic) bond motifs is 1. The Bertz CT molecular complexity index is 440. The molecule has 1 aromatic carbocycles. The van der Waals surface area contributed by atoms with Crippen molar-refractivity contribution in [3.8, 4) is 0 Å². The Morgan fingerprint density at radius 2 is 1.95 bits per heavy atom. The van der Waals surface area contributed by atoms with Crippen molar-refractivity contribution in [3.63, 3.8) is 0 Å². The number of aryl methyl sites for hydroxylation is 1. The minimum atomic E-state index is 0.233. The fraction of sp³-hybridized carbons (Fsp3) is 0.562. The lowest BCUT2D eigenvalue weighted by Gasteiger charge is -2.27. The van der Waals surface area contributed by atoms with Gasteiger partial charge < -0.3 is 4.90 Å². The van der Waals surface area contributed by atoms with Gasteiger partial charge in [0.2, 0.25) is 5.91 Å². The van der Waals surface area contributed by atoms with Crippen molar-refractivity contribution < 1.29 is 4.79 Å². The summed E-state index contributed by atoms with van der Waals surface area (Å²) in [5, 5.41) is 0. The van der Waals surface area contributed by atoms with Gasteiger partial charge in [0, 0.05) is 19.1 Å². The van der Waals surface area contributed by atoms with Gasteiger partial charge >= 0.3 is 0 Å². The maximum absolute atomic E-state index is 12.2. The van der Waals surface area contributed by atoms with Crippen molar-refractivity contribution in [1.82, 2.24) is 9.80 Å². The molecule has 0 fully saturated rings. The van der Waals surface area contributed by atoms with Gasteiger partial charge in [0.1, 0.15) is 0 Å². The van der Waals surface area contributed by atoms with E-state index in [4.69, 9.17) is 0 Å². The lowest BCUT2D eigenvalue weighted by Crippen LogP contribution is -2.39. The van der Waals surface area contributed by atoms with Crippen molar-refractivity contribution in [3.05, 3.63) is 35.4 Å². The lowest BCUT2D eigenvalue weighted by atomic mass is 10.1. The van der Waals surface area contributed by atoms with Crippen molar-refractivity contribution in [2.75, 3.05) is 26.7 Å². The normalized spacial score (nSPS) is 17.6. The first-order valence-electron chi connectivity index (χ1n) is 7.23. The SMILES string of the molecule is CCN(CC)C(=O)CN(C)C1CCc2ccccc21. The van der Waals surface area contributed by atoms with E-state index in [1.54, 1.807) is 0 Å². The number of likely N-dealkylation sites (N-methyl/N-ethyl adjacent to an activating group) is 2. The van der Waals surface area contributed by atoms with E-state index < -0.39 is 0 Å². The summed E-state index contributed by atoms with van der Waals surface area (Å²) in [6.45, 7) is 6.17. The third-order valence-electron chi connectivity index (χ3n) is 4.13. The zero-order chi connectivity index (χ0) is 13.8. The third kappa shape index (κ3) is 2.98. The Hall–Kier alpha value is -1.35. The van der Waals surface area contributed by atoms with Crippen LogP contribution in [-0.2, 0) is 11.2 Å². The van der Waals surface area contributed by atoms with E-state index >= 15 is 0 Å². The Morgan fingerprint density at radius 3 is 2.63 bits per heavy atom. The van der Waals surface area contributed by atoms with Crippen LogP contribution in [0.2, 0.25) is 0 Å². The second kappa shape index (κ2) is 6.20. The minimum absolute atomic E-state index is 0.233. The summed E-state index contributed by atoms with van der Waals surface area (Å²) >= 11 is 0. The molecule has 0 aliphatic heterocycles. The van der Waals surface area contributed by atoms with Crippen LogP contribution in [-0.4, -0.2) is 42.4 Å². The molecule has 104 valence electrons. The molecule has 1 aliphatic rings. The molecule has 3 nitrogen and oxygen atoms in total. The molecular formula is C16H24N2O. The topological polar surface area (TPSA) is 23.6 Å². The van der Waals surface area contributed by atoms with E-state index in [1.165, 1.54) is 11.1 Å². The van der Waals surface area contributed by atoms with Crippen LogP contribution in [0.25, 0.3) is 0 Å². The van der Waals surface area contributed by atoms with Gasteiger partial charge in [0.25, 0.3) is 0 Å². The molecule has 1 aromatic rings. The minimum Gasteiger partial charge on any atom is -0.342 e. The molecule has 0 spiro atoms. The number of benzene rings is 1. The van der Waals surface area contributed by atoms with Gasteiger partial charge in [-0.25, -0.2) is 0 Å². The number of carbonyl (C=O) groups excluding carboxylic acids is 1. The fourth-order valence-corrected chi connectivity index (χ4v) is 2.99. The van der Waals surface area contributed by atoms with Crippen LogP contribution in [0.4, 0.5) is 0 Å². The highest BCUT2D eigenvalue weighted by molar-refractivity contribution is 5.78. The Labute approximate surface area is 116 Å². The zero-order valence-corrected chi connectivity index (χ0v) is 12.2. The van der Waals surface area contributed by atoms with Gasteiger partial charge in [0.15, 0.2) is 0 Å². The largest absolute Gasteiger partial charge is 0.342 e. The smallest absolute Gasteiger partial charge is 0.236 e. The molecule has 19 heavy (non-hydrogen) atoms. The zero-order valence-electron chi connectivity index (χ0n) is 12.2. The average molecular weight is 260 g/mol. The molecule has 0 N–H and O–H groups in total. The molecule has 1 amide bonds. The van der Waals surface area contributed by atoms with E-state index in [9.17, 15) is 4.79 Å². The number of amides is 1. The highest BCUT2D eigenvalue weighted by atomic mass is 16.2. The van der Waals surface area contributed by atoms with Crippen molar-refractivity contribution in [2.24, 2.45) is 0 Å². The van der Waals surface area contributed by atoms with Crippen LogP contribution in [0.15, 0.2) is 24.3 Å². The van der Waals surface area contributed by atoms with Gasteiger partial charge in [-0.3, -0.25) is 9.69 Å². The summed E-state index contributed by atoms with van der Waals surface area (Å²) in [6.07, 6.45) is 2.26. The first-order valence-corrected chi connectivity index (χ1v) is 7.23. The van der Waals surface area contributed by atoms with Gasteiger partial charge in [-0.15, -0.1) is 0 Å². The third-order valence-corrected chi connectivity index (χ3v) is 4.13. The van der Waals surface area contributed by atoms with E-state index in [0.717, 1.165) is 25.9 Å². The van der Waals surface area contributed by atoms with Crippen molar-refractivity contribution in [1.29, 1.82) is 0 Å². The van der Waals surface area contributed by atoms with E-state index in [0.29, 0.717) is 12.6 Å². The lowest BCUT2D eigenvalue weighted by molar-refractivity contribution is -0.132. The molecule has 1 aliphatic carbocycles. The Morgan fingerprint density at radius 1 is 1.26 bits per heavy atom. The van der Waals surface area contributed by atoms with E-state index in [1.807, 2.05) is 18.7 Å². The molecule has 1 unspecified atom stereocenters. The number of hydrogen-bond acceptors (Lipinski definition) is 2. The number of hydrogen-bond donors (Lipinski definition) is 0. The summed E-state index contributed by atoms with van der Waals surface area (Å²) in [4.78, 5) is 16.3. The molecule has 0 heterocycles. The molecule has 3 heteroatoms. The summed E-state index contributed by atoms with van der Waals surface area (Å²) in [5.74, 6) is 0.233. The van der Waals surface area contributed by atoms with Gasteiger partial charge in [-0.1, -0.05) is 24.3 Å². The van der Waals surface area contributed by atoms with Crippen molar-refractivity contribution >= 4 is 5.91 Å². The van der Waals surface area contributed by atoms with Crippen LogP contribution in [0.1, 0.15) is 37.4 Å². The Balaban J connectivity index is 2.02. The summed E-state index contributed by atoms with van der Waals surface area (Å²) in [7, 11) is 2.06. The van der Waals surface area contributed by atoms with Gasteiger partial charge in [-0.05, 0) is 44.9 Å². The fourth-order valence-electron chi connectivity index (χ4n) is 2.99. The monoisotopic (exact) mass is 260 g/mol. The molecule has 0 bridgehead atoms. The Kier molecular flexibility index (Phi) is 4.59. The summed E-state index contributed by atoms with van der Waals surface area (Å²) in [5.41, 5.74) is 2.84. The number of carbonyl (C=O) groups is 1. The van der Waals surface area contributed by atoms with Gasteiger partial charge in [-0.2, -0.15) is 0 Å². The molecule has 0 saturated carbocycles. The molecule has 0 saturated heterocycles. The molecular weight excluding hydrogens is 236 g/mol. The second-order valence-corrected chi connectivity index (χ2v) is 5.23. The standard InChI is InChI=1S/C16H24N2O/c1-4-18(5-2)16(19)12-17(3)15-11-10-13-8-6-7-9-14(13)15/h6-9,15H,4-5,10-12H2,1-3H3. The first-order chi connectivity index (χ1) is 9.17. The molecule has 2 rings (SSSR count). The van der Waals surface area contributed by atoms with Gasteiger partial charge in [0.05, 0.1) is 6.54 Å². The van der Waals surface area contributed by atoms with Crippen molar-refractivity contribution in [2.45, 2.75) is 32.7 Å². The maximum atomic E-state index is 12.2. The first kappa shape index (κ1) is 14.1. The number of nitrogens with zero attached hydrogens (tertiary/aromatic N) is 2. The number of rotatable bonds is 5. The highest BCUT2D eigenvalue weighted by Gasteiger charge is 2.27. The quantitative estimate of drug-likeness (QED) is 0.812. The predicted molar refractivity (Wildman–Crippen MR) is 78.1 cm³/mol. The van der Waals surface area contributed by atoms with Crippen LogP contribution in [0.5, 0.6) is 0 Å². The van der Waals surface area contributed by atoms with Crippen LogP contribution in [0.3, 0.4) is 0 Å². The molecule has 0 aromatic heterocycles. The molecule has 1 atom stereocenters. The van der Waals surface area contributed by atoms with E-state index in [2.05, 4.69) is 36.2 Å². The average Bonchev–Trinajstić information content (AvgIpc) is 2.84. The second-order valence-electron chi connectivity index (χ2n) is 5.23. The van der Waals surface area contributed by atoms with Crippen LogP contribution < -0.4 is 0 Å². The van der Waals surface area contributed by atoms with E-state index in [-0.39, 0.29) is 5.91 Å². The maximum Gasteiger partial charge on any atom is 0.236 e. The molecule has 0 radical (unpaired) electrons. The van der Waals surface area contributed by atoms with Crippen LogP contribution >= 0.6 is 0 Å². The highest BCUT2D eigenvalue weighted by Crippen LogP contribution is 2.34. The predicted octanol–water partition coefficient (Wildman–Crippen LogP) is 2.47.